The number of benzene rings is 2. The van der Waals surface area contributed by atoms with Crippen LogP contribution in [-0.4, -0.2) is 26.8 Å². The lowest BCUT2D eigenvalue weighted by Gasteiger charge is -2.04. The molecular weight excluding hydrogens is 400 g/mol. The molecule has 0 aliphatic carbocycles. The molecule has 0 atom stereocenters. The van der Waals surface area contributed by atoms with Crippen LogP contribution in [0, 0.1) is 0 Å². The van der Waals surface area contributed by atoms with E-state index >= 15 is 0 Å². The first-order chi connectivity index (χ1) is 12.2. The number of nitrogens with one attached hydrogen (secondary N) is 2. The summed E-state index contributed by atoms with van der Waals surface area (Å²) in [6.07, 6.45) is 3.81. The number of rotatable bonds is 6. The van der Waals surface area contributed by atoms with E-state index in [9.17, 15) is 4.79 Å². The number of hydrogen-bond donors (Lipinski definition) is 2. The van der Waals surface area contributed by atoms with E-state index in [0.29, 0.717) is 11.0 Å². The number of anilines is 1. The van der Waals surface area contributed by atoms with Crippen LogP contribution in [0.1, 0.15) is 11.4 Å². The Morgan fingerprint density at radius 3 is 2.80 bits per heavy atom. The topological polar surface area (TPSA) is 70.7 Å². The number of aromatic amines is 1. The maximum Gasteiger partial charge on any atom is 0.234 e. The fourth-order valence-electron chi connectivity index (χ4n) is 2.03. The Morgan fingerprint density at radius 1 is 1.16 bits per heavy atom. The van der Waals surface area contributed by atoms with E-state index in [4.69, 9.17) is 0 Å². The smallest absolute Gasteiger partial charge is 0.234 e. The van der Waals surface area contributed by atoms with Crippen LogP contribution in [0.2, 0.25) is 0 Å². The largest absolute Gasteiger partial charge is 0.325 e. The second-order valence-electron chi connectivity index (χ2n) is 5.09. The third kappa shape index (κ3) is 5.58. The molecule has 126 valence electrons. The van der Waals surface area contributed by atoms with Gasteiger partial charge >= 0.3 is 0 Å². The van der Waals surface area contributed by atoms with E-state index in [1.54, 1.807) is 0 Å². The molecule has 0 saturated heterocycles. The summed E-state index contributed by atoms with van der Waals surface area (Å²) in [6, 6.07) is 17.4. The number of aromatic nitrogens is 3. The maximum atomic E-state index is 12.0. The number of nitrogens with zero attached hydrogens (tertiary/aromatic N) is 2. The van der Waals surface area contributed by atoms with Gasteiger partial charge in [-0.25, -0.2) is 4.98 Å². The van der Waals surface area contributed by atoms with Gasteiger partial charge < -0.3 is 5.32 Å². The minimum atomic E-state index is -0.103. The molecule has 25 heavy (non-hydrogen) atoms. The maximum absolute atomic E-state index is 12.0. The zero-order chi connectivity index (χ0) is 17.5. The molecule has 2 aromatic carbocycles. The predicted octanol–water partition coefficient (Wildman–Crippen LogP) is 4.47. The molecule has 0 aliphatic heterocycles. The molecule has 0 fully saturated rings. The lowest BCUT2D eigenvalue weighted by Crippen LogP contribution is -2.14. The van der Waals surface area contributed by atoms with Gasteiger partial charge in [-0.3, -0.25) is 9.89 Å². The normalized spacial score (nSPS) is 10.9. The highest BCUT2D eigenvalue weighted by molar-refractivity contribution is 9.10. The highest BCUT2D eigenvalue weighted by Gasteiger charge is 2.07. The second-order valence-corrected chi connectivity index (χ2v) is 6.95. The van der Waals surface area contributed by atoms with Crippen molar-refractivity contribution in [2.75, 3.05) is 11.1 Å². The van der Waals surface area contributed by atoms with Gasteiger partial charge in [0.2, 0.25) is 11.1 Å². The zero-order valence-corrected chi connectivity index (χ0v) is 15.5. The van der Waals surface area contributed by atoms with Crippen LogP contribution < -0.4 is 5.32 Å². The van der Waals surface area contributed by atoms with Crippen molar-refractivity contribution in [1.82, 2.24) is 15.2 Å². The Bertz CT molecular complexity index is 880. The van der Waals surface area contributed by atoms with Crippen LogP contribution >= 0.6 is 27.7 Å². The van der Waals surface area contributed by atoms with Gasteiger partial charge in [0.15, 0.2) is 0 Å². The molecule has 2 N–H and O–H groups in total. The fraction of sp³-hybridized carbons (Fsp3) is 0.0556. The number of H-pyrrole nitrogens is 1. The Morgan fingerprint density at radius 2 is 2.00 bits per heavy atom. The van der Waals surface area contributed by atoms with Gasteiger partial charge in [-0.1, -0.05) is 70.2 Å². The Balaban J connectivity index is 1.51. The van der Waals surface area contributed by atoms with Gasteiger partial charge in [0, 0.05) is 10.2 Å². The molecule has 0 saturated carbocycles. The van der Waals surface area contributed by atoms with Crippen molar-refractivity contribution in [3.05, 3.63) is 70.5 Å². The van der Waals surface area contributed by atoms with Gasteiger partial charge in [0.05, 0.1) is 5.75 Å². The average molecular weight is 415 g/mol. The first-order valence-corrected chi connectivity index (χ1v) is 9.31. The van der Waals surface area contributed by atoms with Crippen molar-refractivity contribution in [3.8, 4) is 0 Å². The summed E-state index contributed by atoms with van der Waals surface area (Å²) in [5.41, 5.74) is 1.84. The number of carbonyl (C=O) groups excluding carboxylic acids is 1. The van der Waals surface area contributed by atoms with Crippen molar-refractivity contribution in [2.45, 2.75) is 5.16 Å². The predicted molar refractivity (Wildman–Crippen MR) is 105 cm³/mol. The summed E-state index contributed by atoms with van der Waals surface area (Å²) in [4.78, 5) is 16.3. The molecule has 0 aliphatic rings. The molecule has 7 heteroatoms. The molecule has 1 heterocycles. The fourth-order valence-corrected chi connectivity index (χ4v) is 3.03. The minimum Gasteiger partial charge on any atom is -0.325 e. The van der Waals surface area contributed by atoms with E-state index in [2.05, 4.69) is 36.4 Å². The molecule has 0 radical (unpaired) electrons. The van der Waals surface area contributed by atoms with Gasteiger partial charge in [-0.15, -0.1) is 5.10 Å². The molecule has 5 nitrogen and oxygen atoms in total. The molecule has 0 spiro atoms. The highest BCUT2D eigenvalue weighted by Crippen LogP contribution is 2.17. The molecular formula is C18H15BrN4OS. The number of hydrogen-bond acceptors (Lipinski definition) is 4. The standard InChI is InChI=1S/C18H15BrN4OS/c19-14-7-4-8-15(11-14)20-17(24)12-25-18-21-16(22-23-18)10-9-13-5-2-1-3-6-13/h1-11H,12H2,(H,20,24)(H,21,22,23)/b10-9+. The average Bonchev–Trinajstić information content (AvgIpc) is 3.07. The van der Waals surface area contributed by atoms with Crippen molar-refractivity contribution in [3.63, 3.8) is 0 Å². The van der Waals surface area contributed by atoms with Crippen molar-refractivity contribution in [2.24, 2.45) is 0 Å². The third-order valence-electron chi connectivity index (χ3n) is 3.16. The lowest BCUT2D eigenvalue weighted by molar-refractivity contribution is -0.113. The number of thioether (sulfide) groups is 1. The monoisotopic (exact) mass is 414 g/mol. The van der Waals surface area contributed by atoms with E-state index in [-0.39, 0.29) is 11.7 Å². The summed E-state index contributed by atoms with van der Waals surface area (Å²) in [5, 5.41) is 10.3. The molecule has 0 unspecified atom stereocenters. The highest BCUT2D eigenvalue weighted by atomic mass is 79.9. The third-order valence-corrected chi connectivity index (χ3v) is 4.50. The molecule has 0 bridgehead atoms. The van der Waals surface area contributed by atoms with Crippen molar-refractivity contribution < 1.29 is 4.79 Å². The van der Waals surface area contributed by atoms with Crippen LogP contribution in [-0.2, 0) is 4.79 Å². The molecule has 1 aromatic heterocycles. The Labute approximate surface area is 158 Å². The van der Waals surface area contributed by atoms with Gasteiger partial charge in [0.25, 0.3) is 0 Å². The zero-order valence-electron chi connectivity index (χ0n) is 13.1. The summed E-state index contributed by atoms with van der Waals surface area (Å²) in [7, 11) is 0. The Kier molecular flexibility index (Phi) is 6.03. The van der Waals surface area contributed by atoms with Gasteiger partial charge in [-0.2, -0.15) is 0 Å². The minimum absolute atomic E-state index is 0.103. The first-order valence-electron chi connectivity index (χ1n) is 7.53. The van der Waals surface area contributed by atoms with E-state index in [0.717, 1.165) is 15.7 Å². The summed E-state index contributed by atoms with van der Waals surface area (Å²) < 4.78 is 0.918. The summed E-state index contributed by atoms with van der Waals surface area (Å²) in [5.74, 6) is 0.791. The summed E-state index contributed by atoms with van der Waals surface area (Å²) >= 11 is 4.66. The lowest BCUT2D eigenvalue weighted by atomic mass is 10.2. The van der Waals surface area contributed by atoms with Crippen LogP contribution in [0.3, 0.4) is 0 Å². The summed E-state index contributed by atoms with van der Waals surface area (Å²) in [6.45, 7) is 0. The van der Waals surface area contributed by atoms with Crippen LogP contribution in [0.25, 0.3) is 12.2 Å². The van der Waals surface area contributed by atoms with Gasteiger partial charge in [0.1, 0.15) is 5.82 Å². The number of amides is 1. The van der Waals surface area contributed by atoms with Crippen molar-refractivity contribution >= 4 is 51.4 Å². The Hall–Kier alpha value is -2.38. The van der Waals surface area contributed by atoms with Crippen molar-refractivity contribution in [1.29, 1.82) is 0 Å². The number of halogens is 1. The van der Waals surface area contributed by atoms with Gasteiger partial charge in [-0.05, 0) is 29.8 Å². The van der Waals surface area contributed by atoms with E-state index in [1.807, 2.05) is 66.7 Å². The SMILES string of the molecule is O=C(CSc1n[nH]c(/C=C/c2ccccc2)n1)Nc1cccc(Br)c1. The van der Waals surface area contributed by atoms with Crippen LogP contribution in [0.4, 0.5) is 5.69 Å². The second kappa shape index (κ2) is 8.64. The quantitative estimate of drug-likeness (QED) is 0.583. The van der Waals surface area contributed by atoms with E-state index < -0.39 is 0 Å². The first kappa shape index (κ1) is 17.4. The van der Waals surface area contributed by atoms with Crippen LogP contribution in [0.5, 0.6) is 0 Å². The molecule has 3 aromatic rings. The van der Waals surface area contributed by atoms with Crippen LogP contribution in [0.15, 0.2) is 64.2 Å². The molecule has 1 amide bonds. The number of carbonyl (C=O) groups is 1. The van der Waals surface area contributed by atoms with E-state index in [1.165, 1.54) is 11.8 Å². The molecule has 3 rings (SSSR count).